The summed E-state index contributed by atoms with van der Waals surface area (Å²) in [6.45, 7) is 1.65. The van der Waals surface area contributed by atoms with E-state index in [0.29, 0.717) is 0 Å². The van der Waals surface area contributed by atoms with Crippen LogP contribution in [0, 0.1) is 0 Å². The summed E-state index contributed by atoms with van der Waals surface area (Å²) < 4.78 is 38.6. The second-order valence-electron chi connectivity index (χ2n) is 4.60. The molecule has 116 valence electrons. The van der Waals surface area contributed by atoms with Gasteiger partial charge in [0.25, 0.3) is 0 Å². The smallest absolute Gasteiger partial charge is 0.417 e. The molecule has 1 aromatic rings. The van der Waals surface area contributed by atoms with Crippen LogP contribution in [-0.4, -0.2) is 23.0 Å². The zero-order chi connectivity index (χ0) is 16.2. The predicted octanol–water partition coefficient (Wildman–Crippen LogP) is 2.47. The van der Waals surface area contributed by atoms with Crippen LogP contribution in [0.25, 0.3) is 0 Å². The molecule has 1 unspecified atom stereocenters. The van der Waals surface area contributed by atoms with E-state index in [4.69, 9.17) is 10.8 Å². The van der Waals surface area contributed by atoms with E-state index in [2.05, 4.69) is 5.32 Å². The Bertz CT molecular complexity index is 544. The maximum Gasteiger partial charge on any atom is 0.417 e. The SMILES string of the molecule is CC(CCC(=O)O)Nc1ccc(C(N)=O)c(C(F)(F)F)c1. The molecular weight excluding hydrogens is 289 g/mol. The summed E-state index contributed by atoms with van der Waals surface area (Å²) in [4.78, 5) is 21.4. The zero-order valence-corrected chi connectivity index (χ0v) is 11.2. The number of carbonyl (C=O) groups excluding carboxylic acids is 1. The second kappa shape index (κ2) is 6.47. The Morgan fingerprint density at radius 2 is 2.00 bits per heavy atom. The summed E-state index contributed by atoms with van der Waals surface area (Å²) in [6, 6.07) is 2.75. The molecule has 0 saturated carbocycles. The van der Waals surface area contributed by atoms with Crippen LogP contribution in [0.5, 0.6) is 0 Å². The van der Waals surface area contributed by atoms with Crippen LogP contribution in [0.1, 0.15) is 35.7 Å². The highest BCUT2D eigenvalue weighted by atomic mass is 19.4. The fourth-order valence-electron chi connectivity index (χ4n) is 1.78. The summed E-state index contributed by atoms with van der Waals surface area (Å²) in [5, 5.41) is 11.3. The van der Waals surface area contributed by atoms with E-state index in [-0.39, 0.29) is 24.6 Å². The average molecular weight is 304 g/mol. The van der Waals surface area contributed by atoms with Gasteiger partial charge < -0.3 is 16.2 Å². The second-order valence-corrected chi connectivity index (χ2v) is 4.60. The first-order valence-electron chi connectivity index (χ1n) is 6.10. The van der Waals surface area contributed by atoms with Crippen molar-refractivity contribution in [1.82, 2.24) is 0 Å². The minimum atomic E-state index is -4.70. The number of carboxylic acid groups (broad SMARTS) is 1. The van der Waals surface area contributed by atoms with Gasteiger partial charge in [-0.3, -0.25) is 9.59 Å². The van der Waals surface area contributed by atoms with Gasteiger partial charge in [-0.15, -0.1) is 0 Å². The highest BCUT2D eigenvalue weighted by Crippen LogP contribution is 2.33. The highest BCUT2D eigenvalue weighted by Gasteiger charge is 2.35. The number of rotatable bonds is 6. The Morgan fingerprint density at radius 3 is 2.48 bits per heavy atom. The lowest BCUT2D eigenvalue weighted by molar-refractivity contribution is -0.138. The number of carbonyl (C=O) groups is 2. The van der Waals surface area contributed by atoms with Crippen LogP contribution >= 0.6 is 0 Å². The quantitative estimate of drug-likeness (QED) is 0.752. The van der Waals surface area contributed by atoms with E-state index in [0.717, 1.165) is 12.1 Å². The lowest BCUT2D eigenvalue weighted by atomic mass is 10.0. The molecule has 0 radical (unpaired) electrons. The van der Waals surface area contributed by atoms with E-state index < -0.39 is 29.2 Å². The molecule has 0 heterocycles. The molecule has 0 fully saturated rings. The number of amides is 1. The summed E-state index contributed by atoms with van der Waals surface area (Å²) in [5.41, 5.74) is 3.34. The van der Waals surface area contributed by atoms with Crippen molar-refractivity contribution in [2.24, 2.45) is 5.73 Å². The number of alkyl halides is 3. The van der Waals surface area contributed by atoms with Crippen molar-refractivity contribution in [2.75, 3.05) is 5.32 Å². The zero-order valence-electron chi connectivity index (χ0n) is 11.2. The van der Waals surface area contributed by atoms with Crippen LogP contribution in [0.3, 0.4) is 0 Å². The molecule has 0 aromatic heterocycles. The highest BCUT2D eigenvalue weighted by molar-refractivity contribution is 5.95. The van der Waals surface area contributed by atoms with Crippen LogP contribution in [0.2, 0.25) is 0 Å². The van der Waals surface area contributed by atoms with Gasteiger partial charge in [0.15, 0.2) is 0 Å². The molecule has 1 amide bonds. The third-order valence-electron chi connectivity index (χ3n) is 2.79. The largest absolute Gasteiger partial charge is 0.481 e. The van der Waals surface area contributed by atoms with Gasteiger partial charge in [0, 0.05) is 18.2 Å². The molecule has 0 aliphatic heterocycles. The Morgan fingerprint density at radius 1 is 1.38 bits per heavy atom. The predicted molar refractivity (Wildman–Crippen MR) is 69.9 cm³/mol. The summed E-state index contributed by atoms with van der Waals surface area (Å²) in [6.07, 6.45) is -4.54. The maximum absolute atomic E-state index is 12.9. The van der Waals surface area contributed by atoms with Crippen molar-refractivity contribution >= 4 is 17.6 Å². The van der Waals surface area contributed by atoms with E-state index in [1.807, 2.05) is 0 Å². The van der Waals surface area contributed by atoms with Gasteiger partial charge in [0.1, 0.15) is 0 Å². The van der Waals surface area contributed by atoms with Crippen LogP contribution in [-0.2, 0) is 11.0 Å². The lowest BCUT2D eigenvalue weighted by Gasteiger charge is -2.17. The molecule has 1 rings (SSSR count). The van der Waals surface area contributed by atoms with Gasteiger partial charge in [-0.25, -0.2) is 0 Å². The van der Waals surface area contributed by atoms with Crippen molar-refractivity contribution in [3.63, 3.8) is 0 Å². The summed E-state index contributed by atoms with van der Waals surface area (Å²) in [7, 11) is 0. The van der Waals surface area contributed by atoms with Gasteiger partial charge >= 0.3 is 12.1 Å². The molecule has 5 nitrogen and oxygen atoms in total. The third-order valence-corrected chi connectivity index (χ3v) is 2.79. The molecule has 1 aromatic carbocycles. The van der Waals surface area contributed by atoms with E-state index in [1.165, 1.54) is 6.07 Å². The third kappa shape index (κ3) is 4.97. The molecule has 21 heavy (non-hydrogen) atoms. The number of anilines is 1. The van der Waals surface area contributed by atoms with Crippen molar-refractivity contribution in [3.05, 3.63) is 29.3 Å². The van der Waals surface area contributed by atoms with E-state index >= 15 is 0 Å². The van der Waals surface area contributed by atoms with Crippen LogP contribution in [0.4, 0.5) is 18.9 Å². The minimum Gasteiger partial charge on any atom is -0.481 e. The standard InChI is InChI=1S/C13H15F3N2O3/c1-7(2-5-11(19)20)18-8-3-4-9(12(17)21)10(6-8)13(14,15)16/h3-4,6-7,18H,2,5H2,1H3,(H2,17,21)(H,19,20). The lowest BCUT2D eigenvalue weighted by Crippen LogP contribution is -2.21. The van der Waals surface area contributed by atoms with Crippen LogP contribution in [0.15, 0.2) is 18.2 Å². The molecule has 8 heteroatoms. The molecule has 1 atom stereocenters. The maximum atomic E-state index is 12.9. The number of aliphatic carboxylic acids is 1. The first kappa shape index (κ1) is 16.8. The molecule has 0 saturated heterocycles. The molecule has 0 bridgehead atoms. The van der Waals surface area contributed by atoms with Gasteiger partial charge in [0.05, 0.1) is 11.1 Å². The monoisotopic (exact) mass is 304 g/mol. The molecule has 0 aliphatic carbocycles. The normalized spacial score (nSPS) is 12.8. The van der Waals surface area contributed by atoms with E-state index in [1.54, 1.807) is 6.92 Å². The van der Waals surface area contributed by atoms with Gasteiger partial charge in [-0.2, -0.15) is 13.2 Å². The summed E-state index contributed by atoms with van der Waals surface area (Å²) in [5.74, 6) is -2.14. The van der Waals surface area contributed by atoms with Crippen LogP contribution < -0.4 is 11.1 Å². The molecular formula is C13H15F3N2O3. The molecule has 4 N–H and O–H groups in total. The van der Waals surface area contributed by atoms with Crippen molar-refractivity contribution in [2.45, 2.75) is 32.0 Å². The number of benzene rings is 1. The summed E-state index contributed by atoms with van der Waals surface area (Å²) >= 11 is 0. The Balaban J connectivity index is 2.95. The van der Waals surface area contributed by atoms with Crippen molar-refractivity contribution in [1.29, 1.82) is 0 Å². The van der Waals surface area contributed by atoms with Crippen molar-refractivity contribution < 1.29 is 27.9 Å². The first-order chi connectivity index (χ1) is 9.61. The molecule has 0 aliphatic rings. The van der Waals surface area contributed by atoms with Gasteiger partial charge in [0.2, 0.25) is 5.91 Å². The minimum absolute atomic E-state index is 0.0976. The Kier molecular flexibility index (Phi) is 5.17. The fraction of sp³-hybridized carbons (Fsp3) is 0.385. The van der Waals surface area contributed by atoms with Crippen molar-refractivity contribution in [3.8, 4) is 0 Å². The first-order valence-corrected chi connectivity index (χ1v) is 6.10. The number of hydrogen-bond donors (Lipinski definition) is 3. The van der Waals surface area contributed by atoms with Gasteiger partial charge in [-0.1, -0.05) is 0 Å². The number of nitrogens with one attached hydrogen (secondary N) is 1. The topological polar surface area (TPSA) is 92.4 Å². The number of carboxylic acids is 1. The Hall–Kier alpha value is -2.25. The average Bonchev–Trinajstić information content (AvgIpc) is 2.35. The molecule has 0 spiro atoms. The van der Waals surface area contributed by atoms with E-state index in [9.17, 15) is 22.8 Å². The number of halogens is 3. The Labute approximate surface area is 118 Å². The number of primary amides is 1. The number of hydrogen-bond acceptors (Lipinski definition) is 3. The number of nitrogens with two attached hydrogens (primary N) is 1. The van der Waals surface area contributed by atoms with Gasteiger partial charge in [-0.05, 0) is 31.5 Å². The fourth-order valence-corrected chi connectivity index (χ4v) is 1.78.